The van der Waals surface area contributed by atoms with Crippen LogP contribution in [0.25, 0.3) is 16.6 Å². The van der Waals surface area contributed by atoms with E-state index < -0.39 is 12.0 Å². The Labute approximate surface area is 250 Å². The van der Waals surface area contributed by atoms with Gasteiger partial charge in [-0.3, -0.25) is 9.36 Å². The van der Waals surface area contributed by atoms with E-state index in [1.807, 2.05) is 79.7 Å². The van der Waals surface area contributed by atoms with Crippen molar-refractivity contribution < 1.29 is 14.3 Å². The van der Waals surface area contributed by atoms with Crippen LogP contribution < -0.4 is 10.9 Å². The first-order chi connectivity index (χ1) is 20.9. The van der Waals surface area contributed by atoms with Crippen LogP contribution in [-0.2, 0) is 17.7 Å². The maximum absolute atomic E-state index is 14.0. The molecule has 0 aliphatic carbocycles. The third-order valence-corrected chi connectivity index (χ3v) is 7.35. The van der Waals surface area contributed by atoms with Crippen molar-refractivity contribution in [3.8, 4) is 5.69 Å². The van der Waals surface area contributed by atoms with E-state index in [1.54, 1.807) is 46.7 Å². The van der Waals surface area contributed by atoms with Crippen molar-refractivity contribution >= 4 is 28.6 Å². The predicted molar refractivity (Wildman–Crippen MR) is 169 cm³/mol. The zero-order chi connectivity index (χ0) is 30.3. The highest BCUT2D eigenvalue weighted by Gasteiger charge is 2.27. The first-order valence-corrected chi connectivity index (χ1v) is 14.4. The van der Waals surface area contributed by atoms with Crippen LogP contribution in [0.3, 0.4) is 0 Å². The zero-order valence-electron chi connectivity index (χ0n) is 24.5. The summed E-state index contributed by atoms with van der Waals surface area (Å²) in [5.74, 6) is 0.0173. The molecule has 1 aromatic heterocycles. The van der Waals surface area contributed by atoms with E-state index in [4.69, 9.17) is 9.72 Å². The number of ether oxygens (including phenoxy) is 1. The summed E-state index contributed by atoms with van der Waals surface area (Å²) in [4.78, 5) is 46.6. The molecule has 0 saturated heterocycles. The van der Waals surface area contributed by atoms with Gasteiger partial charge in [0.15, 0.2) is 0 Å². The van der Waals surface area contributed by atoms with Gasteiger partial charge in [0.25, 0.3) is 5.56 Å². The number of esters is 1. The number of hydrogen-bond donors (Lipinski definition) is 1. The SMILES string of the molecule is CCOC(=O)c1ccc(NC(=O)N(Cc2ccccc2)C(C)c2nc3ccccc3c(=O)n2-c2ccc(CC)cc2)cc1. The topological polar surface area (TPSA) is 93.5 Å². The molecule has 0 aliphatic rings. The lowest BCUT2D eigenvalue weighted by Gasteiger charge is -2.31. The lowest BCUT2D eigenvalue weighted by molar-refractivity contribution is 0.0526. The molecule has 8 nitrogen and oxygen atoms in total. The van der Waals surface area contributed by atoms with Gasteiger partial charge in [0.1, 0.15) is 5.82 Å². The highest BCUT2D eigenvalue weighted by atomic mass is 16.5. The average molecular weight is 575 g/mol. The number of fused-ring (bicyclic) bond motifs is 1. The fourth-order valence-corrected chi connectivity index (χ4v) is 4.96. The van der Waals surface area contributed by atoms with Gasteiger partial charge >= 0.3 is 12.0 Å². The summed E-state index contributed by atoms with van der Waals surface area (Å²) in [6, 6.07) is 30.3. The predicted octanol–water partition coefficient (Wildman–Crippen LogP) is 6.92. The molecule has 0 spiro atoms. The van der Waals surface area contributed by atoms with Gasteiger partial charge in [-0.05, 0) is 79.9 Å². The number of benzene rings is 4. The minimum Gasteiger partial charge on any atom is -0.462 e. The summed E-state index contributed by atoms with van der Waals surface area (Å²) in [5.41, 5.74) is 4.02. The molecule has 218 valence electrons. The van der Waals surface area contributed by atoms with Gasteiger partial charge < -0.3 is 15.0 Å². The number of aromatic nitrogens is 2. The molecule has 1 atom stereocenters. The molecule has 0 radical (unpaired) electrons. The fraction of sp³-hybridized carbons (Fsp3) is 0.200. The van der Waals surface area contributed by atoms with Crippen molar-refractivity contribution in [1.82, 2.24) is 14.5 Å². The second-order valence-electron chi connectivity index (χ2n) is 10.2. The van der Waals surface area contributed by atoms with Gasteiger partial charge in [-0.15, -0.1) is 0 Å². The molecule has 0 fully saturated rings. The van der Waals surface area contributed by atoms with Gasteiger partial charge in [-0.1, -0.05) is 61.5 Å². The number of nitrogens with one attached hydrogen (secondary N) is 1. The van der Waals surface area contributed by atoms with Crippen LogP contribution in [0.15, 0.2) is 108 Å². The third kappa shape index (κ3) is 6.48. The smallest absolute Gasteiger partial charge is 0.338 e. The summed E-state index contributed by atoms with van der Waals surface area (Å²) in [5, 5.41) is 3.46. The number of para-hydroxylation sites is 1. The molecule has 43 heavy (non-hydrogen) atoms. The summed E-state index contributed by atoms with van der Waals surface area (Å²) in [6.07, 6.45) is 0.875. The molecule has 2 amide bonds. The van der Waals surface area contributed by atoms with Crippen LogP contribution in [0.4, 0.5) is 10.5 Å². The highest BCUT2D eigenvalue weighted by Crippen LogP contribution is 2.26. The van der Waals surface area contributed by atoms with E-state index in [2.05, 4.69) is 12.2 Å². The van der Waals surface area contributed by atoms with E-state index in [0.717, 1.165) is 17.5 Å². The Morgan fingerprint density at radius 2 is 1.53 bits per heavy atom. The number of nitrogens with zero attached hydrogens (tertiary/aromatic N) is 3. The number of carbonyl (C=O) groups excluding carboxylic acids is 2. The molecule has 0 bridgehead atoms. The molecular formula is C35H34N4O4. The van der Waals surface area contributed by atoms with Crippen LogP contribution in [0, 0.1) is 0 Å². The number of carbonyl (C=O) groups is 2. The third-order valence-electron chi connectivity index (χ3n) is 7.35. The van der Waals surface area contributed by atoms with Crippen molar-refractivity contribution in [3.05, 3.63) is 136 Å². The minimum absolute atomic E-state index is 0.202. The van der Waals surface area contributed by atoms with Crippen LogP contribution in [-0.4, -0.2) is 33.1 Å². The van der Waals surface area contributed by atoms with Gasteiger partial charge in [-0.2, -0.15) is 0 Å². The lowest BCUT2D eigenvalue weighted by atomic mass is 10.1. The minimum atomic E-state index is -0.609. The summed E-state index contributed by atoms with van der Waals surface area (Å²) >= 11 is 0. The molecular weight excluding hydrogens is 540 g/mol. The van der Waals surface area contributed by atoms with Crippen molar-refractivity contribution in [2.45, 2.75) is 39.8 Å². The van der Waals surface area contributed by atoms with E-state index in [9.17, 15) is 14.4 Å². The number of hydrogen-bond acceptors (Lipinski definition) is 5. The molecule has 0 aliphatic heterocycles. The number of rotatable bonds is 9. The van der Waals surface area contributed by atoms with E-state index in [-0.39, 0.29) is 24.7 Å². The van der Waals surface area contributed by atoms with Gasteiger partial charge in [-0.25, -0.2) is 14.6 Å². The second kappa shape index (κ2) is 13.2. The van der Waals surface area contributed by atoms with Crippen LogP contribution in [0.2, 0.25) is 0 Å². The molecule has 5 rings (SSSR count). The van der Waals surface area contributed by atoms with Crippen molar-refractivity contribution in [2.24, 2.45) is 0 Å². The Hall–Kier alpha value is -5.24. The average Bonchev–Trinajstić information content (AvgIpc) is 3.04. The molecule has 0 saturated carbocycles. The quantitative estimate of drug-likeness (QED) is 0.193. The Bertz CT molecular complexity index is 1780. The standard InChI is InChI=1S/C35H34N4O4/c1-4-25-15-21-29(22-16-25)39-32(37-31-14-10-9-13-30(31)33(39)40)24(3)38(23-26-11-7-6-8-12-26)35(42)36-28-19-17-27(18-20-28)34(41)43-5-2/h6-22,24H,4-5,23H2,1-3H3,(H,36,42). The Balaban J connectivity index is 1.57. The molecule has 1 N–H and O–H groups in total. The Morgan fingerprint density at radius 3 is 2.21 bits per heavy atom. The van der Waals surface area contributed by atoms with Crippen LogP contribution >= 0.6 is 0 Å². The first kappa shape index (κ1) is 29.3. The maximum Gasteiger partial charge on any atom is 0.338 e. The van der Waals surface area contributed by atoms with E-state index in [1.165, 1.54) is 0 Å². The first-order valence-electron chi connectivity index (χ1n) is 14.4. The van der Waals surface area contributed by atoms with Crippen LogP contribution in [0.5, 0.6) is 0 Å². The number of amides is 2. The number of anilines is 1. The number of aryl methyl sites for hydroxylation is 1. The van der Waals surface area contributed by atoms with Crippen molar-refractivity contribution in [1.29, 1.82) is 0 Å². The summed E-state index contributed by atoms with van der Waals surface area (Å²) in [7, 11) is 0. The Morgan fingerprint density at radius 1 is 0.860 bits per heavy atom. The summed E-state index contributed by atoms with van der Waals surface area (Å²) < 4.78 is 6.67. The largest absolute Gasteiger partial charge is 0.462 e. The van der Waals surface area contributed by atoms with Crippen molar-refractivity contribution in [3.63, 3.8) is 0 Å². The Kier molecular flexibility index (Phi) is 8.96. The molecule has 5 aromatic rings. The maximum atomic E-state index is 14.0. The molecule has 4 aromatic carbocycles. The van der Waals surface area contributed by atoms with Crippen LogP contribution in [0.1, 0.15) is 54.1 Å². The van der Waals surface area contributed by atoms with E-state index in [0.29, 0.717) is 33.7 Å². The summed E-state index contributed by atoms with van der Waals surface area (Å²) in [6.45, 7) is 6.25. The van der Waals surface area contributed by atoms with Gasteiger partial charge in [0.2, 0.25) is 0 Å². The fourth-order valence-electron chi connectivity index (χ4n) is 4.96. The highest BCUT2D eigenvalue weighted by molar-refractivity contribution is 5.92. The molecule has 1 unspecified atom stereocenters. The monoisotopic (exact) mass is 574 g/mol. The van der Waals surface area contributed by atoms with Gasteiger partial charge in [0, 0.05) is 12.2 Å². The normalized spacial score (nSPS) is 11.6. The second-order valence-corrected chi connectivity index (χ2v) is 10.2. The van der Waals surface area contributed by atoms with Crippen molar-refractivity contribution in [2.75, 3.05) is 11.9 Å². The number of urea groups is 1. The van der Waals surface area contributed by atoms with E-state index >= 15 is 0 Å². The molecule has 1 heterocycles. The van der Waals surface area contributed by atoms with Gasteiger partial charge in [0.05, 0.1) is 34.8 Å². The lowest BCUT2D eigenvalue weighted by Crippen LogP contribution is -2.39. The zero-order valence-corrected chi connectivity index (χ0v) is 24.5. The molecule has 8 heteroatoms.